The normalized spacial score (nSPS) is 15.8. The van der Waals surface area contributed by atoms with Gasteiger partial charge in [-0.25, -0.2) is 18.7 Å². The highest BCUT2D eigenvalue weighted by atomic mass is 16.3. The minimum absolute atomic E-state index is 0.0371. The third-order valence-corrected chi connectivity index (χ3v) is 11.0. The Kier molecular flexibility index (Phi) is 12.1. The van der Waals surface area contributed by atoms with Crippen LogP contribution in [0.4, 0.5) is 0 Å². The third-order valence-electron chi connectivity index (χ3n) is 11.0. The topological polar surface area (TPSA) is 153 Å². The van der Waals surface area contributed by atoms with E-state index in [9.17, 15) is 29.4 Å². The average Bonchev–Trinajstić information content (AvgIpc) is 3.67. The summed E-state index contributed by atoms with van der Waals surface area (Å²) in [6.45, 7) is 20.0. The molecular weight excluding hydrogens is 757 g/mol. The van der Waals surface area contributed by atoms with Crippen molar-refractivity contribution in [2.45, 2.75) is 119 Å². The number of allylic oxidation sites excluding steroid dienone is 4. The lowest BCUT2D eigenvalue weighted by Gasteiger charge is -2.21. The number of unbranched alkanes of at least 4 members (excludes halogenated alkanes) is 3. The molecule has 12 nitrogen and oxygen atoms in total. The van der Waals surface area contributed by atoms with E-state index in [0.717, 1.165) is 42.8 Å². The number of nitrogens with zero attached hydrogens (tertiary/aromatic N) is 6. The Hall–Kier alpha value is -6.30. The van der Waals surface area contributed by atoms with Crippen LogP contribution >= 0.6 is 0 Å². The molecule has 0 radical (unpaired) electrons. The summed E-state index contributed by atoms with van der Waals surface area (Å²) in [5.41, 5.74) is 3.79. The molecule has 0 fully saturated rings. The predicted octanol–water partition coefficient (Wildman–Crippen LogP) is 8.10. The molecule has 2 aliphatic heterocycles. The van der Waals surface area contributed by atoms with E-state index < -0.39 is 34.3 Å². The minimum Gasteiger partial charge on any atom is -0.494 e. The lowest BCUT2D eigenvalue weighted by atomic mass is 9.87. The van der Waals surface area contributed by atoms with Gasteiger partial charge in [0.1, 0.15) is 11.1 Å². The Balaban J connectivity index is 1.30. The molecule has 2 N–H and O–H groups in total. The van der Waals surface area contributed by atoms with Crippen molar-refractivity contribution in [1.82, 2.24) is 18.3 Å². The maximum absolute atomic E-state index is 14.1. The number of hydrogen-bond donors (Lipinski definition) is 2. The molecule has 2 aromatic carbocycles. The fourth-order valence-electron chi connectivity index (χ4n) is 7.51. The van der Waals surface area contributed by atoms with Gasteiger partial charge in [0.05, 0.1) is 22.8 Å². The summed E-state index contributed by atoms with van der Waals surface area (Å²) in [7, 11) is 0. The molecule has 60 heavy (non-hydrogen) atoms. The van der Waals surface area contributed by atoms with Crippen molar-refractivity contribution in [3.63, 3.8) is 0 Å². The first-order chi connectivity index (χ1) is 28.2. The number of aromatic nitrogens is 4. The summed E-state index contributed by atoms with van der Waals surface area (Å²) in [5, 5.41) is 23.0. The molecule has 0 amide bonds. The molecule has 0 spiro atoms. The maximum atomic E-state index is 14.1. The zero-order valence-electron chi connectivity index (χ0n) is 36.4. The smallest absolute Gasteiger partial charge is 0.338 e. The molecule has 12 heteroatoms. The zero-order valence-corrected chi connectivity index (χ0v) is 36.4. The summed E-state index contributed by atoms with van der Waals surface area (Å²) in [6, 6.07) is 14.6. The van der Waals surface area contributed by atoms with Gasteiger partial charge in [0.25, 0.3) is 11.1 Å². The molecule has 0 aliphatic carbocycles. The molecule has 4 aromatic rings. The number of aliphatic imine (C=N–C) groups is 2. The molecule has 2 aromatic heterocycles. The van der Waals surface area contributed by atoms with Crippen molar-refractivity contribution in [2.24, 2.45) is 9.98 Å². The number of aromatic hydroxyl groups is 2. The van der Waals surface area contributed by atoms with Crippen LogP contribution in [0.25, 0.3) is 23.5 Å². The molecule has 4 heterocycles. The maximum Gasteiger partial charge on any atom is 0.338 e. The van der Waals surface area contributed by atoms with E-state index >= 15 is 0 Å². The van der Waals surface area contributed by atoms with Crippen molar-refractivity contribution >= 4 is 23.6 Å². The van der Waals surface area contributed by atoms with Crippen LogP contribution in [-0.2, 0) is 23.9 Å². The molecule has 0 saturated carbocycles. The van der Waals surface area contributed by atoms with Crippen molar-refractivity contribution in [1.29, 1.82) is 0 Å². The number of benzene rings is 2. The molecule has 6 rings (SSSR count). The Morgan fingerprint density at radius 3 is 1.25 bits per heavy atom. The highest BCUT2D eigenvalue weighted by Crippen LogP contribution is 2.28. The molecular formula is C48H56N6O6. The van der Waals surface area contributed by atoms with E-state index in [4.69, 9.17) is 0 Å². The van der Waals surface area contributed by atoms with Gasteiger partial charge >= 0.3 is 11.4 Å². The zero-order chi connectivity index (χ0) is 43.8. The van der Waals surface area contributed by atoms with Gasteiger partial charge in [-0.2, -0.15) is 0 Å². The summed E-state index contributed by atoms with van der Waals surface area (Å²) >= 11 is 0. The highest BCUT2D eigenvalue weighted by Gasteiger charge is 2.24. The Morgan fingerprint density at radius 1 is 0.567 bits per heavy atom. The van der Waals surface area contributed by atoms with Crippen molar-refractivity contribution in [3.8, 4) is 23.1 Å². The van der Waals surface area contributed by atoms with Gasteiger partial charge in [-0.3, -0.25) is 28.7 Å². The largest absolute Gasteiger partial charge is 0.494 e. The van der Waals surface area contributed by atoms with Gasteiger partial charge in [0, 0.05) is 24.5 Å². The fourth-order valence-corrected chi connectivity index (χ4v) is 7.51. The van der Waals surface area contributed by atoms with Crippen LogP contribution < -0.4 is 22.5 Å². The van der Waals surface area contributed by atoms with Crippen LogP contribution in [0.15, 0.2) is 112 Å². The van der Waals surface area contributed by atoms with E-state index in [1.54, 1.807) is 12.1 Å². The third kappa shape index (κ3) is 8.83. The van der Waals surface area contributed by atoms with Gasteiger partial charge in [-0.15, -0.1) is 0 Å². The molecule has 0 unspecified atom stereocenters. The summed E-state index contributed by atoms with van der Waals surface area (Å²) in [6.07, 6.45) is 8.93. The van der Waals surface area contributed by atoms with E-state index in [1.165, 1.54) is 21.3 Å². The second-order valence-corrected chi connectivity index (χ2v) is 17.9. The van der Waals surface area contributed by atoms with Crippen LogP contribution in [0.5, 0.6) is 11.8 Å². The molecule has 314 valence electrons. The van der Waals surface area contributed by atoms with Crippen LogP contribution in [0.3, 0.4) is 0 Å². The number of hydrogen-bond acceptors (Lipinski definition) is 8. The second kappa shape index (κ2) is 16.8. The van der Waals surface area contributed by atoms with E-state index in [1.807, 2.05) is 76.2 Å². The van der Waals surface area contributed by atoms with Gasteiger partial charge in [0.2, 0.25) is 11.8 Å². The predicted molar refractivity (Wildman–Crippen MR) is 241 cm³/mol. The summed E-state index contributed by atoms with van der Waals surface area (Å²) in [4.78, 5) is 65.3. The first-order valence-corrected chi connectivity index (χ1v) is 20.5. The van der Waals surface area contributed by atoms with Crippen LogP contribution in [0.2, 0.25) is 0 Å². The lowest BCUT2D eigenvalue weighted by Crippen LogP contribution is -2.40. The Labute approximate surface area is 350 Å². The fraction of sp³-hybridized carbons (Fsp3) is 0.375. The average molecular weight is 813 g/mol. The monoisotopic (exact) mass is 812 g/mol. The first kappa shape index (κ1) is 43.3. The summed E-state index contributed by atoms with van der Waals surface area (Å²) in [5.74, 6) is -0.868. The molecule has 0 atom stereocenters. The van der Waals surface area contributed by atoms with Crippen molar-refractivity contribution in [2.75, 3.05) is 0 Å². The Bertz CT molecular complexity index is 2630. The van der Waals surface area contributed by atoms with E-state index in [-0.39, 0.29) is 35.0 Å². The van der Waals surface area contributed by atoms with Gasteiger partial charge < -0.3 is 10.2 Å². The standard InChI is InChI=1S/C48H56N6O6/c1-29-23-31(3)49-39(29)27-37-41(55)51(45(59)53(43(37)57)35-19-15-17-33(25-35)47(5,6)7)21-13-11-12-14-22-52-42(56)38(28-40-30(2)24-32(4)50-40)44(58)54(46(52)60)36-20-16-18-34(26-36)48(8,9)10/h15-20,23-28,55-56H,11-14,21-22H2,1-10H3/b39-27-,40-28-. The van der Waals surface area contributed by atoms with Gasteiger partial charge in [-0.1, -0.05) is 78.6 Å². The lowest BCUT2D eigenvalue weighted by molar-refractivity contribution is 0.378. The van der Waals surface area contributed by atoms with Gasteiger partial charge in [0.15, 0.2) is 0 Å². The van der Waals surface area contributed by atoms with Gasteiger partial charge in [-0.05, 0) is 122 Å². The Morgan fingerprint density at radius 2 is 0.933 bits per heavy atom. The second-order valence-electron chi connectivity index (χ2n) is 17.9. The van der Waals surface area contributed by atoms with Crippen LogP contribution in [0.1, 0.15) is 117 Å². The minimum atomic E-state index is -0.660. The van der Waals surface area contributed by atoms with Crippen LogP contribution in [0, 0.1) is 0 Å². The quantitative estimate of drug-likeness (QED) is 0.146. The molecule has 0 bridgehead atoms. The van der Waals surface area contributed by atoms with Crippen molar-refractivity contribution < 1.29 is 10.2 Å². The highest BCUT2D eigenvalue weighted by molar-refractivity contribution is 5.99. The van der Waals surface area contributed by atoms with E-state index in [0.29, 0.717) is 48.5 Å². The van der Waals surface area contributed by atoms with Crippen LogP contribution in [-0.4, -0.2) is 39.9 Å². The van der Waals surface area contributed by atoms with E-state index in [2.05, 4.69) is 51.5 Å². The van der Waals surface area contributed by atoms with Crippen molar-refractivity contribution in [3.05, 3.63) is 147 Å². The molecule has 0 saturated heterocycles. The SMILES string of the molecule is CC1=CC(C)=N/C1=C\c1c(O)n(CCCCCCn2c(O)c(/C=C3\N=C(C)C=C3C)c(=O)n(-c3cccc(C(C)(C)C)c3)c2=O)c(=O)n(-c2cccc(C(C)(C)C)c2)c1=O. The number of rotatable bonds is 11. The molecule has 2 aliphatic rings. The summed E-state index contributed by atoms with van der Waals surface area (Å²) < 4.78 is 4.66. The first-order valence-electron chi connectivity index (χ1n) is 20.5.